The van der Waals surface area contributed by atoms with Crippen LogP contribution in [0.25, 0.3) is 0 Å². The van der Waals surface area contributed by atoms with Crippen molar-refractivity contribution >= 4 is 23.0 Å². The molecule has 0 radical (unpaired) electrons. The van der Waals surface area contributed by atoms with Gasteiger partial charge in [0, 0.05) is 18.3 Å². The standard InChI is InChI=1S/C13H12N4O4/c1-21-12-3-2-8(17(19)20)6-11(12)16-13(18)9-4-5-15-7-10(9)14/h2-7H,14H2,1H3,(H,16,18). The molecule has 0 fully saturated rings. The van der Waals surface area contributed by atoms with Crippen molar-refractivity contribution in [2.45, 2.75) is 0 Å². The number of nitrogens with one attached hydrogen (secondary N) is 1. The number of pyridine rings is 1. The van der Waals surface area contributed by atoms with Gasteiger partial charge in [-0.25, -0.2) is 0 Å². The first-order chi connectivity index (χ1) is 10.0. The van der Waals surface area contributed by atoms with Crippen molar-refractivity contribution in [3.05, 3.63) is 52.3 Å². The van der Waals surface area contributed by atoms with Gasteiger partial charge in [-0.15, -0.1) is 0 Å². The van der Waals surface area contributed by atoms with Crippen LogP contribution in [-0.2, 0) is 0 Å². The molecule has 0 saturated carbocycles. The maximum atomic E-state index is 12.1. The molecule has 21 heavy (non-hydrogen) atoms. The third kappa shape index (κ3) is 3.06. The first-order valence-corrected chi connectivity index (χ1v) is 5.86. The number of hydrogen-bond acceptors (Lipinski definition) is 6. The van der Waals surface area contributed by atoms with E-state index in [-0.39, 0.29) is 22.6 Å². The summed E-state index contributed by atoms with van der Waals surface area (Å²) in [6.45, 7) is 0. The smallest absolute Gasteiger partial charge is 0.271 e. The first-order valence-electron chi connectivity index (χ1n) is 5.86. The number of nitrogens with zero attached hydrogens (tertiary/aromatic N) is 2. The van der Waals surface area contributed by atoms with Crippen molar-refractivity contribution < 1.29 is 14.5 Å². The molecular weight excluding hydrogens is 276 g/mol. The Bertz CT molecular complexity index is 702. The summed E-state index contributed by atoms with van der Waals surface area (Å²) in [5.41, 5.74) is 6.12. The lowest BCUT2D eigenvalue weighted by atomic mass is 10.2. The molecule has 8 heteroatoms. The van der Waals surface area contributed by atoms with E-state index < -0.39 is 10.8 Å². The minimum absolute atomic E-state index is 0.159. The van der Waals surface area contributed by atoms with Crippen molar-refractivity contribution in [3.63, 3.8) is 0 Å². The number of benzene rings is 1. The van der Waals surface area contributed by atoms with Gasteiger partial charge in [-0.1, -0.05) is 0 Å². The van der Waals surface area contributed by atoms with Crippen molar-refractivity contribution in [1.82, 2.24) is 4.98 Å². The van der Waals surface area contributed by atoms with Crippen LogP contribution in [0.1, 0.15) is 10.4 Å². The van der Waals surface area contributed by atoms with Crippen LogP contribution >= 0.6 is 0 Å². The molecule has 2 rings (SSSR count). The Morgan fingerprint density at radius 1 is 1.43 bits per heavy atom. The summed E-state index contributed by atoms with van der Waals surface area (Å²) < 4.78 is 5.07. The van der Waals surface area contributed by atoms with E-state index in [1.54, 1.807) is 0 Å². The number of carbonyl (C=O) groups excluding carboxylic acids is 1. The lowest BCUT2D eigenvalue weighted by Crippen LogP contribution is -2.15. The Morgan fingerprint density at radius 3 is 2.81 bits per heavy atom. The quantitative estimate of drug-likeness (QED) is 0.654. The molecule has 1 aromatic carbocycles. The molecular formula is C13H12N4O4. The van der Waals surface area contributed by atoms with Crippen LogP contribution in [0.2, 0.25) is 0 Å². The number of hydrogen-bond donors (Lipinski definition) is 2. The number of non-ortho nitro benzene ring substituents is 1. The number of rotatable bonds is 4. The molecule has 0 aliphatic heterocycles. The van der Waals surface area contributed by atoms with Crippen LogP contribution in [0, 0.1) is 10.1 Å². The molecule has 2 aromatic rings. The van der Waals surface area contributed by atoms with Crippen molar-refractivity contribution in [2.75, 3.05) is 18.2 Å². The van der Waals surface area contributed by atoms with Gasteiger partial charge in [0.1, 0.15) is 5.75 Å². The second-order valence-electron chi connectivity index (χ2n) is 4.06. The fourth-order valence-electron chi connectivity index (χ4n) is 1.71. The average Bonchev–Trinajstić information content (AvgIpc) is 2.47. The fraction of sp³-hybridized carbons (Fsp3) is 0.0769. The van der Waals surface area contributed by atoms with Gasteiger partial charge in [0.15, 0.2) is 0 Å². The van der Waals surface area contributed by atoms with Crippen molar-refractivity contribution in [3.8, 4) is 5.75 Å². The number of anilines is 2. The molecule has 0 aliphatic carbocycles. The molecule has 0 bridgehead atoms. The number of aromatic nitrogens is 1. The Kier molecular flexibility index (Phi) is 3.98. The Balaban J connectivity index is 2.34. The average molecular weight is 288 g/mol. The van der Waals surface area contributed by atoms with Crippen molar-refractivity contribution in [1.29, 1.82) is 0 Å². The van der Waals surface area contributed by atoms with E-state index in [0.717, 1.165) is 0 Å². The molecule has 0 unspecified atom stereocenters. The Labute approximate surface area is 119 Å². The van der Waals surface area contributed by atoms with Crippen LogP contribution in [-0.4, -0.2) is 22.9 Å². The van der Waals surface area contributed by atoms with Crippen LogP contribution in [0.3, 0.4) is 0 Å². The van der Waals surface area contributed by atoms with E-state index in [1.165, 1.54) is 43.8 Å². The van der Waals surface area contributed by atoms with Gasteiger partial charge in [0.05, 0.1) is 35.2 Å². The number of nitrogen functional groups attached to an aromatic ring is 1. The van der Waals surface area contributed by atoms with Crippen molar-refractivity contribution in [2.24, 2.45) is 0 Å². The van der Waals surface area contributed by atoms with E-state index in [1.807, 2.05) is 0 Å². The molecule has 108 valence electrons. The predicted molar refractivity (Wildman–Crippen MR) is 76.3 cm³/mol. The van der Waals surface area contributed by atoms with Crippen LogP contribution in [0.5, 0.6) is 5.75 Å². The van der Waals surface area contributed by atoms with Gasteiger partial charge >= 0.3 is 0 Å². The predicted octanol–water partition coefficient (Wildman–Crippen LogP) is 1.83. The zero-order valence-electron chi connectivity index (χ0n) is 11.1. The molecule has 8 nitrogen and oxygen atoms in total. The minimum Gasteiger partial charge on any atom is -0.495 e. The normalized spacial score (nSPS) is 9.95. The topological polar surface area (TPSA) is 120 Å². The number of nitrogens with two attached hydrogens (primary N) is 1. The van der Waals surface area contributed by atoms with E-state index in [9.17, 15) is 14.9 Å². The number of amides is 1. The monoisotopic (exact) mass is 288 g/mol. The zero-order chi connectivity index (χ0) is 15.4. The molecule has 0 spiro atoms. The third-order valence-electron chi connectivity index (χ3n) is 2.74. The number of carbonyl (C=O) groups is 1. The lowest BCUT2D eigenvalue weighted by Gasteiger charge is -2.10. The van der Waals surface area contributed by atoms with Gasteiger partial charge in [-0.2, -0.15) is 0 Å². The summed E-state index contributed by atoms with van der Waals surface area (Å²) in [5, 5.41) is 13.3. The minimum atomic E-state index is -0.560. The molecule has 1 aromatic heterocycles. The zero-order valence-corrected chi connectivity index (χ0v) is 11.1. The molecule has 0 saturated heterocycles. The van der Waals surface area contributed by atoms with Crippen LogP contribution in [0.4, 0.5) is 17.1 Å². The Hall–Kier alpha value is -3.16. The highest BCUT2D eigenvalue weighted by Crippen LogP contribution is 2.29. The number of nitro benzene ring substituents is 1. The Morgan fingerprint density at radius 2 is 2.19 bits per heavy atom. The lowest BCUT2D eigenvalue weighted by molar-refractivity contribution is -0.384. The fourth-order valence-corrected chi connectivity index (χ4v) is 1.71. The number of methoxy groups -OCH3 is 1. The van der Waals surface area contributed by atoms with E-state index >= 15 is 0 Å². The SMILES string of the molecule is COc1ccc([N+](=O)[O-])cc1NC(=O)c1ccncc1N. The molecule has 1 amide bonds. The summed E-state index contributed by atoms with van der Waals surface area (Å²) in [5.74, 6) is -0.199. The maximum absolute atomic E-state index is 12.1. The largest absolute Gasteiger partial charge is 0.495 e. The first kappa shape index (κ1) is 14.3. The highest BCUT2D eigenvalue weighted by atomic mass is 16.6. The van der Waals surface area contributed by atoms with Gasteiger partial charge in [0.25, 0.3) is 11.6 Å². The molecule has 3 N–H and O–H groups in total. The summed E-state index contributed by atoms with van der Waals surface area (Å²) in [6, 6.07) is 5.36. The maximum Gasteiger partial charge on any atom is 0.271 e. The van der Waals surface area contributed by atoms with Gasteiger partial charge in [-0.05, 0) is 12.1 Å². The number of ether oxygens (including phenoxy) is 1. The highest BCUT2D eigenvalue weighted by Gasteiger charge is 2.15. The van der Waals surface area contributed by atoms with Gasteiger partial charge < -0.3 is 15.8 Å². The summed E-state index contributed by atoms with van der Waals surface area (Å²) in [6.07, 6.45) is 2.77. The second kappa shape index (κ2) is 5.87. The summed E-state index contributed by atoms with van der Waals surface area (Å²) in [7, 11) is 1.40. The molecule has 1 heterocycles. The molecule has 0 atom stereocenters. The third-order valence-corrected chi connectivity index (χ3v) is 2.74. The molecule has 0 aliphatic rings. The summed E-state index contributed by atoms with van der Waals surface area (Å²) in [4.78, 5) is 26.2. The van der Waals surface area contributed by atoms with E-state index in [4.69, 9.17) is 10.5 Å². The second-order valence-corrected chi connectivity index (χ2v) is 4.06. The summed E-state index contributed by atoms with van der Waals surface area (Å²) >= 11 is 0. The van der Waals surface area contributed by atoms with Crippen LogP contribution in [0.15, 0.2) is 36.7 Å². The van der Waals surface area contributed by atoms with Gasteiger partial charge in [0.2, 0.25) is 0 Å². The van der Waals surface area contributed by atoms with Crippen LogP contribution < -0.4 is 15.8 Å². The van der Waals surface area contributed by atoms with E-state index in [0.29, 0.717) is 5.75 Å². The number of nitro groups is 1. The highest BCUT2D eigenvalue weighted by molar-refractivity contribution is 6.08. The van der Waals surface area contributed by atoms with Gasteiger partial charge in [-0.3, -0.25) is 19.9 Å². The van der Waals surface area contributed by atoms with E-state index in [2.05, 4.69) is 10.3 Å².